The molecule has 4 rings (SSSR count). The van der Waals surface area contributed by atoms with Crippen LogP contribution in [-0.2, 0) is 4.74 Å². The number of hydrogen-bond donors (Lipinski definition) is 2. The smallest absolute Gasteiger partial charge is 0.407 e. The second-order valence-electron chi connectivity index (χ2n) is 6.87. The van der Waals surface area contributed by atoms with E-state index in [9.17, 15) is 9.90 Å². The molecule has 3 aromatic carbocycles. The molecule has 0 spiro atoms. The van der Waals surface area contributed by atoms with Crippen molar-refractivity contribution in [3.63, 3.8) is 0 Å². The fourth-order valence-corrected chi connectivity index (χ4v) is 3.67. The summed E-state index contributed by atoms with van der Waals surface area (Å²) in [4.78, 5) is 12.1. The van der Waals surface area contributed by atoms with Crippen molar-refractivity contribution in [1.82, 2.24) is 5.32 Å². The standard InChI is InChI=1S/C25H21NO4/c1-29-24-15-17(12-13-23(24)27)7-6-14-26-25(28)30-16-22-20-10-4-2-8-18(20)19-9-3-5-11-21(19)22/h2-5,8-13,15,22,27H,14,16H2,1H3,(H,26,28). The van der Waals surface area contributed by atoms with Gasteiger partial charge in [0.15, 0.2) is 11.5 Å². The van der Waals surface area contributed by atoms with E-state index in [1.807, 2.05) is 24.3 Å². The first kappa shape index (κ1) is 19.4. The van der Waals surface area contributed by atoms with Gasteiger partial charge in [0, 0.05) is 11.5 Å². The van der Waals surface area contributed by atoms with Gasteiger partial charge in [-0.2, -0.15) is 0 Å². The summed E-state index contributed by atoms with van der Waals surface area (Å²) in [6.07, 6.45) is -0.505. The quantitative estimate of drug-likeness (QED) is 0.642. The Kier molecular flexibility index (Phi) is 5.58. The summed E-state index contributed by atoms with van der Waals surface area (Å²) in [5.41, 5.74) is 5.41. The number of aromatic hydroxyl groups is 1. The zero-order valence-electron chi connectivity index (χ0n) is 16.5. The third-order valence-corrected chi connectivity index (χ3v) is 5.08. The maximum atomic E-state index is 12.1. The van der Waals surface area contributed by atoms with Crippen molar-refractivity contribution in [2.45, 2.75) is 5.92 Å². The summed E-state index contributed by atoms with van der Waals surface area (Å²) < 4.78 is 10.5. The van der Waals surface area contributed by atoms with Crippen molar-refractivity contribution in [3.8, 4) is 34.5 Å². The van der Waals surface area contributed by atoms with Gasteiger partial charge in [0.1, 0.15) is 6.61 Å². The van der Waals surface area contributed by atoms with Gasteiger partial charge >= 0.3 is 6.09 Å². The van der Waals surface area contributed by atoms with Gasteiger partial charge in [0.25, 0.3) is 0 Å². The molecule has 0 aliphatic heterocycles. The van der Waals surface area contributed by atoms with Gasteiger partial charge in [-0.15, -0.1) is 0 Å². The van der Waals surface area contributed by atoms with Crippen LogP contribution < -0.4 is 10.1 Å². The first-order chi connectivity index (χ1) is 14.7. The number of phenols is 1. The Labute approximate surface area is 175 Å². The third-order valence-electron chi connectivity index (χ3n) is 5.08. The van der Waals surface area contributed by atoms with E-state index in [2.05, 4.69) is 41.4 Å². The van der Waals surface area contributed by atoms with E-state index in [-0.39, 0.29) is 24.8 Å². The minimum Gasteiger partial charge on any atom is -0.504 e. The van der Waals surface area contributed by atoms with Crippen LogP contribution in [0.15, 0.2) is 66.7 Å². The lowest BCUT2D eigenvalue weighted by atomic mass is 9.98. The van der Waals surface area contributed by atoms with Crippen LogP contribution in [0.1, 0.15) is 22.6 Å². The molecule has 2 N–H and O–H groups in total. The molecule has 1 aliphatic rings. The Balaban J connectivity index is 1.34. The van der Waals surface area contributed by atoms with Gasteiger partial charge in [-0.05, 0) is 40.5 Å². The van der Waals surface area contributed by atoms with E-state index in [4.69, 9.17) is 9.47 Å². The fraction of sp³-hybridized carbons (Fsp3) is 0.160. The molecule has 0 unspecified atom stereocenters. The van der Waals surface area contributed by atoms with E-state index in [0.29, 0.717) is 11.3 Å². The van der Waals surface area contributed by atoms with Crippen molar-refractivity contribution in [1.29, 1.82) is 0 Å². The number of amides is 1. The maximum absolute atomic E-state index is 12.1. The Morgan fingerprint density at radius 2 is 1.70 bits per heavy atom. The van der Waals surface area contributed by atoms with Gasteiger partial charge in [0.05, 0.1) is 13.7 Å². The summed E-state index contributed by atoms with van der Waals surface area (Å²) in [6, 6.07) is 21.2. The minimum absolute atomic E-state index is 0.0266. The van der Waals surface area contributed by atoms with Crippen LogP contribution in [0.5, 0.6) is 11.5 Å². The van der Waals surface area contributed by atoms with E-state index < -0.39 is 6.09 Å². The highest BCUT2D eigenvalue weighted by Crippen LogP contribution is 2.44. The van der Waals surface area contributed by atoms with Gasteiger partial charge in [-0.3, -0.25) is 0 Å². The number of benzene rings is 3. The zero-order chi connectivity index (χ0) is 20.9. The molecule has 5 nitrogen and oxygen atoms in total. The predicted octanol–water partition coefficient (Wildman–Crippen LogP) is 4.29. The molecule has 0 radical (unpaired) electrons. The molecular formula is C25H21NO4. The number of carbonyl (C=O) groups excluding carboxylic acids is 1. The van der Waals surface area contributed by atoms with Gasteiger partial charge in [-0.25, -0.2) is 4.79 Å². The maximum Gasteiger partial charge on any atom is 0.407 e. The van der Waals surface area contributed by atoms with E-state index in [0.717, 1.165) is 0 Å². The minimum atomic E-state index is -0.505. The number of alkyl carbamates (subject to hydrolysis) is 1. The van der Waals surface area contributed by atoms with Crippen LogP contribution in [0.4, 0.5) is 4.79 Å². The van der Waals surface area contributed by atoms with E-state index >= 15 is 0 Å². The molecule has 0 bridgehead atoms. The summed E-state index contributed by atoms with van der Waals surface area (Å²) in [7, 11) is 1.48. The number of methoxy groups -OCH3 is 1. The van der Waals surface area contributed by atoms with Crippen LogP contribution in [0.2, 0.25) is 0 Å². The van der Waals surface area contributed by atoms with Gasteiger partial charge < -0.3 is 19.9 Å². The Morgan fingerprint density at radius 1 is 1.03 bits per heavy atom. The lowest BCUT2D eigenvalue weighted by molar-refractivity contribution is 0.144. The number of nitrogens with one attached hydrogen (secondary N) is 1. The largest absolute Gasteiger partial charge is 0.504 e. The van der Waals surface area contributed by atoms with E-state index in [1.165, 1.54) is 35.4 Å². The third kappa shape index (κ3) is 3.94. The number of ether oxygens (including phenoxy) is 2. The second-order valence-corrected chi connectivity index (χ2v) is 6.87. The van der Waals surface area contributed by atoms with Crippen molar-refractivity contribution in [2.24, 2.45) is 0 Å². The SMILES string of the molecule is COc1cc(C#CCNC(=O)OCC2c3ccccc3-c3ccccc32)ccc1O. The number of fused-ring (bicyclic) bond motifs is 3. The molecule has 0 saturated heterocycles. The first-order valence-corrected chi connectivity index (χ1v) is 9.62. The lowest BCUT2D eigenvalue weighted by Crippen LogP contribution is -2.26. The average molecular weight is 399 g/mol. The van der Waals surface area contributed by atoms with Gasteiger partial charge in [-0.1, -0.05) is 60.4 Å². The Morgan fingerprint density at radius 3 is 2.37 bits per heavy atom. The number of carbonyl (C=O) groups is 1. The molecule has 0 heterocycles. The average Bonchev–Trinajstić information content (AvgIpc) is 3.10. The summed E-state index contributed by atoms with van der Waals surface area (Å²) in [5, 5.41) is 12.3. The molecule has 0 atom stereocenters. The highest BCUT2D eigenvalue weighted by Gasteiger charge is 2.28. The topological polar surface area (TPSA) is 67.8 Å². The zero-order valence-corrected chi connectivity index (χ0v) is 16.5. The first-order valence-electron chi connectivity index (χ1n) is 9.62. The molecule has 30 heavy (non-hydrogen) atoms. The van der Waals surface area contributed by atoms with Crippen LogP contribution in [0.3, 0.4) is 0 Å². The highest BCUT2D eigenvalue weighted by molar-refractivity contribution is 5.79. The van der Waals surface area contributed by atoms with Crippen LogP contribution >= 0.6 is 0 Å². The van der Waals surface area contributed by atoms with Crippen LogP contribution in [-0.4, -0.2) is 31.5 Å². The van der Waals surface area contributed by atoms with E-state index in [1.54, 1.807) is 12.1 Å². The summed E-state index contributed by atoms with van der Waals surface area (Å²) in [6.45, 7) is 0.419. The molecule has 0 fully saturated rings. The lowest BCUT2D eigenvalue weighted by Gasteiger charge is -2.14. The molecule has 1 aliphatic carbocycles. The van der Waals surface area contributed by atoms with Crippen LogP contribution in [0, 0.1) is 11.8 Å². The van der Waals surface area contributed by atoms with Crippen molar-refractivity contribution < 1.29 is 19.4 Å². The van der Waals surface area contributed by atoms with Crippen molar-refractivity contribution >= 4 is 6.09 Å². The number of hydrogen-bond acceptors (Lipinski definition) is 4. The summed E-state index contributed by atoms with van der Waals surface area (Å²) in [5.74, 6) is 6.21. The molecular weight excluding hydrogens is 378 g/mol. The normalized spacial score (nSPS) is 11.6. The summed E-state index contributed by atoms with van der Waals surface area (Å²) >= 11 is 0. The molecule has 0 saturated carbocycles. The number of phenolic OH excluding ortho intramolecular Hbond substituents is 1. The van der Waals surface area contributed by atoms with Crippen molar-refractivity contribution in [2.75, 3.05) is 20.3 Å². The van der Waals surface area contributed by atoms with Crippen LogP contribution in [0.25, 0.3) is 11.1 Å². The molecule has 5 heteroatoms. The molecule has 150 valence electrons. The number of rotatable bonds is 4. The molecule has 1 amide bonds. The highest BCUT2D eigenvalue weighted by atomic mass is 16.5. The molecule has 0 aromatic heterocycles. The Hall–Kier alpha value is -3.91. The second kappa shape index (κ2) is 8.62. The van der Waals surface area contributed by atoms with Gasteiger partial charge in [0.2, 0.25) is 0 Å². The predicted molar refractivity (Wildman–Crippen MR) is 115 cm³/mol. The fourth-order valence-electron chi connectivity index (χ4n) is 3.67. The monoisotopic (exact) mass is 399 g/mol. The van der Waals surface area contributed by atoms with Crippen molar-refractivity contribution in [3.05, 3.63) is 83.4 Å². The Bertz CT molecular complexity index is 1100. The molecule has 3 aromatic rings.